The number of amides is 1. The molecule has 0 radical (unpaired) electrons. The van der Waals surface area contributed by atoms with Gasteiger partial charge in [-0.15, -0.1) is 0 Å². The van der Waals surface area contributed by atoms with Crippen molar-refractivity contribution in [1.29, 1.82) is 0 Å². The van der Waals surface area contributed by atoms with Gasteiger partial charge in [0.25, 0.3) is 5.91 Å². The van der Waals surface area contributed by atoms with E-state index in [0.29, 0.717) is 0 Å². The van der Waals surface area contributed by atoms with Crippen LogP contribution in [0, 0.1) is 0 Å². The maximum absolute atomic E-state index is 11.7. The van der Waals surface area contributed by atoms with Crippen LogP contribution in [0.3, 0.4) is 0 Å². The highest BCUT2D eigenvalue weighted by Crippen LogP contribution is 2.19. The van der Waals surface area contributed by atoms with Gasteiger partial charge in [0.05, 0.1) is 10.6 Å². The van der Waals surface area contributed by atoms with Gasteiger partial charge < -0.3 is 0 Å². The second kappa shape index (κ2) is 4.69. The smallest absolute Gasteiger partial charge is 0.259 e. The Kier molecular flexibility index (Phi) is 3.28. The minimum absolute atomic E-state index is 0.185. The molecule has 2 aromatic rings. The van der Waals surface area contributed by atoms with Crippen molar-refractivity contribution >= 4 is 45.8 Å². The summed E-state index contributed by atoms with van der Waals surface area (Å²) in [6, 6.07) is 1.37. The number of carbonyl (C=O) groups excluding carboxylic acids is 1. The summed E-state index contributed by atoms with van der Waals surface area (Å²) in [6.45, 7) is 0. The van der Waals surface area contributed by atoms with Crippen LogP contribution in [0.2, 0.25) is 10.2 Å². The van der Waals surface area contributed by atoms with Crippen LogP contribution in [0.4, 0.5) is 5.13 Å². The number of hydrogen-bond acceptors (Lipinski definition) is 6. The number of nitrogens with zero attached hydrogens (tertiary/aromatic N) is 4. The van der Waals surface area contributed by atoms with Gasteiger partial charge >= 0.3 is 0 Å². The molecule has 0 aliphatic carbocycles. The van der Waals surface area contributed by atoms with E-state index in [1.807, 2.05) is 0 Å². The lowest BCUT2D eigenvalue weighted by Gasteiger charge is -2.02. The first-order valence-electron chi connectivity index (χ1n) is 3.94. The summed E-state index contributed by atoms with van der Waals surface area (Å²) in [6.07, 6.45) is 1.30. The lowest BCUT2D eigenvalue weighted by Crippen LogP contribution is -2.12. The number of anilines is 1. The molecule has 1 amide bonds. The Balaban J connectivity index is 2.24. The number of hydrogen-bond donors (Lipinski definition) is 1. The van der Waals surface area contributed by atoms with Crippen molar-refractivity contribution in [3.05, 3.63) is 28.0 Å². The molecule has 0 fully saturated rings. The average Bonchev–Trinajstić information content (AvgIpc) is 2.74. The Bertz CT molecular complexity index is 518. The Morgan fingerprint density at radius 2 is 2.25 bits per heavy atom. The molecule has 2 aromatic heterocycles. The van der Waals surface area contributed by atoms with Crippen LogP contribution in [0.1, 0.15) is 10.4 Å². The number of halogens is 2. The number of carbonyl (C=O) groups is 1. The van der Waals surface area contributed by atoms with Crippen LogP contribution in [-0.2, 0) is 0 Å². The molecular weight excluding hydrogens is 273 g/mol. The van der Waals surface area contributed by atoms with Crippen LogP contribution in [0.25, 0.3) is 0 Å². The van der Waals surface area contributed by atoms with E-state index in [0.717, 1.165) is 11.5 Å². The van der Waals surface area contributed by atoms with Crippen LogP contribution in [0.15, 0.2) is 12.3 Å². The number of rotatable bonds is 2. The zero-order chi connectivity index (χ0) is 11.5. The fraction of sp³-hybridized carbons (Fsp3) is 0. The predicted octanol–water partition coefficient (Wildman–Crippen LogP) is 1.89. The Morgan fingerprint density at radius 1 is 1.44 bits per heavy atom. The summed E-state index contributed by atoms with van der Waals surface area (Å²) in [5.74, 6) is -0.437. The molecule has 0 saturated heterocycles. The van der Waals surface area contributed by atoms with Crippen molar-refractivity contribution in [2.24, 2.45) is 0 Å². The molecule has 0 atom stereocenters. The number of nitrogens with one attached hydrogen (secondary N) is 1. The van der Waals surface area contributed by atoms with Gasteiger partial charge in [-0.25, -0.2) is 4.98 Å². The molecule has 0 bridgehead atoms. The van der Waals surface area contributed by atoms with Crippen molar-refractivity contribution in [1.82, 2.24) is 19.8 Å². The van der Waals surface area contributed by atoms with Crippen LogP contribution < -0.4 is 5.32 Å². The van der Waals surface area contributed by atoms with E-state index in [1.165, 1.54) is 12.3 Å². The van der Waals surface area contributed by atoms with Crippen LogP contribution >= 0.6 is 34.7 Å². The van der Waals surface area contributed by atoms with Gasteiger partial charge in [0, 0.05) is 17.7 Å². The molecule has 0 aliphatic heterocycles. The molecule has 0 aliphatic rings. The number of pyridine rings is 1. The monoisotopic (exact) mass is 275 g/mol. The molecule has 0 aromatic carbocycles. The standard InChI is InChI=1S/C7H3Cl2N5OS/c8-4-2-10-5(9)1-3(4)6(15)11-7-12-13-14-16-7/h1-2H,(H,11,12,14,15). The highest BCUT2D eigenvalue weighted by atomic mass is 35.5. The van der Waals surface area contributed by atoms with E-state index in [4.69, 9.17) is 23.2 Å². The molecule has 6 nitrogen and oxygen atoms in total. The van der Waals surface area contributed by atoms with Crippen LogP contribution in [0.5, 0.6) is 0 Å². The lowest BCUT2D eigenvalue weighted by atomic mass is 10.2. The van der Waals surface area contributed by atoms with Crippen LogP contribution in [-0.4, -0.2) is 25.7 Å². The minimum atomic E-state index is -0.437. The molecule has 2 heterocycles. The second-order valence-electron chi connectivity index (χ2n) is 2.61. The third-order valence-electron chi connectivity index (χ3n) is 1.59. The van der Waals surface area contributed by atoms with Crippen molar-refractivity contribution in [2.45, 2.75) is 0 Å². The summed E-state index contributed by atoms with van der Waals surface area (Å²) >= 11 is 12.4. The first kappa shape index (κ1) is 11.2. The Morgan fingerprint density at radius 3 is 2.94 bits per heavy atom. The van der Waals surface area contributed by atoms with E-state index in [9.17, 15) is 4.79 Å². The topological polar surface area (TPSA) is 80.7 Å². The highest BCUT2D eigenvalue weighted by Gasteiger charge is 2.13. The summed E-state index contributed by atoms with van der Waals surface area (Å²) in [7, 11) is 0. The zero-order valence-corrected chi connectivity index (χ0v) is 9.84. The van der Waals surface area contributed by atoms with Crippen molar-refractivity contribution < 1.29 is 4.79 Å². The fourth-order valence-electron chi connectivity index (χ4n) is 0.934. The maximum Gasteiger partial charge on any atom is 0.259 e. The van der Waals surface area contributed by atoms with Gasteiger partial charge in [-0.2, -0.15) is 0 Å². The molecule has 0 saturated carbocycles. The van der Waals surface area contributed by atoms with E-state index in [1.54, 1.807) is 0 Å². The maximum atomic E-state index is 11.7. The van der Waals surface area contributed by atoms with Crippen molar-refractivity contribution in [3.63, 3.8) is 0 Å². The van der Waals surface area contributed by atoms with Crippen molar-refractivity contribution in [3.8, 4) is 0 Å². The summed E-state index contributed by atoms with van der Waals surface area (Å²) in [5.41, 5.74) is 0.219. The van der Waals surface area contributed by atoms with Crippen molar-refractivity contribution in [2.75, 3.05) is 5.32 Å². The van der Waals surface area contributed by atoms with E-state index < -0.39 is 5.91 Å². The fourth-order valence-corrected chi connectivity index (χ4v) is 1.64. The highest BCUT2D eigenvalue weighted by molar-refractivity contribution is 7.09. The van der Waals surface area contributed by atoms with E-state index in [2.05, 4.69) is 25.1 Å². The summed E-state index contributed by atoms with van der Waals surface area (Å²) in [4.78, 5) is 15.4. The second-order valence-corrected chi connectivity index (χ2v) is 4.14. The molecule has 2 rings (SSSR count). The first-order valence-corrected chi connectivity index (χ1v) is 5.47. The lowest BCUT2D eigenvalue weighted by molar-refractivity contribution is 0.102. The quantitative estimate of drug-likeness (QED) is 0.847. The third-order valence-corrected chi connectivity index (χ3v) is 2.61. The Hall–Kier alpha value is -1.31. The van der Waals surface area contributed by atoms with E-state index in [-0.39, 0.29) is 20.9 Å². The normalized spacial score (nSPS) is 10.1. The third kappa shape index (κ3) is 2.43. The molecular formula is C7H3Cl2N5OS. The van der Waals surface area contributed by atoms with E-state index >= 15 is 0 Å². The van der Waals surface area contributed by atoms with Gasteiger partial charge in [-0.05, 0) is 11.3 Å². The largest absolute Gasteiger partial charge is 0.295 e. The summed E-state index contributed by atoms with van der Waals surface area (Å²) < 4.78 is 3.50. The molecule has 0 spiro atoms. The first-order chi connectivity index (χ1) is 7.66. The molecule has 16 heavy (non-hydrogen) atoms. The molecule has 0 unspecified atom stereocenters. The molecule has 9 heteroatoms. The summed E-state index contributed by atoms with van der Waals surface area (Å²) in [5, 5.41) is 10.1. The number of aromatic nitrogens is 4. The van der Waals surface area contributed by atoms with Gasteiger partial charge in [-0.3, -0.25) is 10.1 Å². The molecule has 82 valence electrons. The van der Waals surface area contributed by atoms with Gasteiger partial charge in [0.2, 0.25) is 5.13 Å². The van der Waals surface area contributed by atoms with Gasteiger partial charge in [-0.1, -0.05) is 32.8 Å². The zero-order valence-electron chi connectivity index (χ0n) is 7.52. The SMILES string of the molecule is O=C(Nc1nnns1)c1cc(Cl)ncc1Cl. The minimum Gasteiger partial charge on any atom is -0.295 e. The van der Waals surface area contributed by atoms with Gasteiger partial charge in [0.1, 0.15) is 5.15 Å². The Labute approximate surface area is 104 Å². The van der Waals surface area contributed by atoms with Gasteiger partial charge in [0.15, 0.2) is 0 Å². The predicted molar refractivity (Wildman–Crippen MR) is 59.9 cm³/mol. The average molecular weight is 276 g/mol. The molecule has 1 N–H and O–H groups in total.